The van der Waals surface area contributed by atoms with Crippen LogP contribution >= 0.6 is 0 Å². The smallest absolute Gasteiger partial charge is 0.258 e. The summed E-state index contributed by atoms with van der Waals surface area (Å²) in [6, 6.07) is 1.79. The van der Waals surface area contributed by atoms with Crippen LogP contribution in [0.4, 0.5) is 0 Å². The van der Waals surface area contributed by atoms with Crippen molar-refractivity contribution < 1.29 is 9.00 Å². The Labute approximate surface area is 104 Å². The number of amides is 1. The molecule has 0 radical (unpaired) electrons. The van der Waals surface area contributed by atoms with Gasteiger partial charge in [0.15, 0.2) is 16.0 Å². The maximum absolute atomic E-state index is 11.6. The van der Waals surface area contributed by atoms with Crippen LogP contribution in [0.5, 0.6) is 0 Å². The minimum Gasteiger partial charge on any atom is -0.269 e. The van der Waals surface area contributed by atoms with Crippen molar-refractivity contribution in [1.82, 2.24) is 24.7 Å². The van der Waals surface area contributed by atoms with E-state index in [-0.39, 0.29) is 5.91 Å². The first-order valence-electron chi connectivity index (χ1n) is 5.00. The summed E-state index contributed by atoms with van der Waals surface area (Å²) in [6.07, 6.45) is 7.73. The van der Waals surface area contributed by atoms with Gasteiger partial charge in [-0.1, -0.05) is 0 Å². The number of carbonyl (C=O) groups is 1. The molecule has 1 aliphatic heterocycles. The fourth-order valence-electron chi connectivity index (χ4n) is 1.54. The maximum Gasteiger partial charge on any atom is 0.258 e. The van der Waals surface area contributed by atoms with Crippen molar-refractivity contribution in [3.8, 4) is 11.1 Å². The van der Waals surface area contributed by atoms with Crippen molar-refractivity contribution in [1.29, 1.82) is 0 Å². The Hall–Kier alpha value is -2.35. The predicted molar refractivity (Wildman–Crippen MR) is 63.8 cm³/mol. The molecule has 0 bridgehead atoms. The minimum atomic E-state index is -1.55. The summed E-state index contributed by atoms with van der Waals surface area (Å²) < 4.78 is 15.2. The van der Waals surface area contributed by atoms with E-state index in [2.05, 4.69) is 20.0 Å². The molecule has 0 saturated carbocycles. The van der Waals surface area contributed by atoms with Gasteiger partial charge in [0.05, 0.1) is 18.6 Å². The zero-order valence-corrected chi connectivity index (χ0v) is 9.79. The highest BCUT2D eigenvalue weighted by molar-refractivity contribution is 7.93. The van der Waals surface area contributed by atoms with Crippen LogP contribution in [0.1, 0.15) is 0 Å². The number of carbonyl (C=O) groups excluding carboxylic acids is 1. The van der Waals surface area contributed by atoms with Gasteiger partial charge in [-0.2, -0.15) is 15.3 Å². The van der Waals surface area contributed by atoms with Gasteiger partial charge in [0.1, 0.15) is 0 Å². The van der Waals surface area contributed by atoms with E-state index in [1.165, 1.54) is 10.8 Å². The van der Waals surface area contributed by atoms with E-state index in [1.54, 1.807) is 30.9 Å². The summed E-state index contributed by atoms with van der Waals surface area (Å²) in [5.41, 5.74) is 1.65. The molecule has 18 heavy (non-hydrogen) atoms. The van der Waals surface area contributed by atoms with Crippen molar-refractivity contribution in [2.75, 3.05) is 0 Å². The molecule has 2 aromatic rings. The van der Waals surface area contributed by atoms with Crippen LogP contribution in [0, 0.1) is 0 Å². The molecule has 3 rings (SSSR count). The summed E-state index contributed by atoms with van der Waals surface area (Å²) in [5, 5.41) is 11.8. The summed E-state index contributed by atoms with van der Waals surface area (Å²) >= 11 is 0. The van der Waals surface area contributed by atoms with Crippen molar-refractivity contribution >= 4 is 21.9 Å². The van der Waals surface area contributed by atoms with Crippen molar-refractivity contribution in [2.24, 2.45) is 0 Å². The van der Waals surface area contributed by atoms with Gasteiger partial charge >= 0.3 is 0 Å². The Balaban J connectivity index is 1.98. The van der Waals surface area contributed by atoms with Crippen LogP contribution in [-0.4, -0.2) is 30.1 Å². The molecule has 0 spiro atoms. The van der Waals surface area contributed by atoms with Crippen LogP contribution in [0.15, 0.2) is 36.9 Å². The highest BCUT2D eigenvalue weighted by Crippen LogP contribution is 2.20. The molecule has 0 aliphatic carbocycles. The number of nitrogens with one attached hydrogen (secondary N) is 1. The number of nitrogens with zero attached hydrogens (tertiary/aromatic N) is 4. The standard InChI is InChI=1S/C10H7N5O2S/c16-9-3-10(18(17)14-9)15-6-8(5-13-15)7-1-2-11-12-4-7/h1-6H,(H,14,16). The molecule has 90 valence electrons. The van der Waals surface area contributed by atoms with Gasteiger partial charge in [-0.25, -0.2) is 8.89 Å². The number of rotatable bonds is 2. The molecule has 1 amide bonds. The lowest BCUT2D eigenvalue weighted by Gasteiger charge is -1.98. The normalized spacial score (nSPS) is 18.6. The first kappa shape index (κ1) is 10.8. The fourth-order valence-corrected chi connectivity index (χ4v) is 2.37. The van der Waals surface area contributed by atoms with Crippen LogP contribution in [0.3, 0.4) is 0 Å². The van der Waals surface area contributed by atoms with E-state index < -0.39 is 11.0 Å². The molecule has 3 heterocycles. The van der Waals surface area contributed by atoms with E-state index in [1.807, 2.05) is 0 Å². The highest BCUT2D eigenvalue weighted by atomic mass is 32.2. The molecule has 7 nitrogen and oxygen atoms in total. The van der Waals surface area contributed by atoms with E-state index in [0.717, 1.165) is 11.1 Å². The Kier molecular flexibility index (Phi) is 2.49. The second-order valence-electron chi connectivity index (χ2n) is 3.52. The average Bonchev–Trinajstić information content (AvgIpc) is 2.97. The molecular weight excluding hydrogens is 254 g/mol. The van der Waals surface area contributed by atoms with Gasteiger partial charge in [0.2, 0.25) is 0 Å². The summed E-state index contributed by atoms with van der Waals surface area (Å²) in [4.78, 5) is 11.1. The molecule has 0 saturated heterocycles. The highest BCUT2D eigenvalue weighted by Gasteiger charge is 2.21. The second kappa shape index (κ2) is 4.15. The van der Waals surface area contributed by atoms with Crippen molar-refractivity contribution in [2.45, 2.75) is 0 Å². The van der Waals surface area contributed by atoms with Crippen LogP contribution < -0.4 is 4.72 Å². The third-order valence-corrected chi connectivity index (χ3v) is 3.44. The van der Waals surface area contributed by atoms with E-state index >= 15 is 0 Å². The molecule has 1 atom stereocenters. The zero-order valence-electron chi connectivity index (χ0n) is 8.98. The zero-order chi connectivity index (χ0) is 12.5. The Bertz CT molecular complexity index is 664. The van der Waals surface area contributed by atoms with Gasteiger partial charge < -0.3 is 0 Å². The number of hydrogen-bond donors (Lipinski definition) is 1. The van der Waals surface area contributed by atoms with Crippen LogP contribution in [-0.2, 0) is 15.8 Å². The quantitative estimate of drug-likeness (QED) is 0.817. The van der Waals surface area contributed by atoms with Gasteiger partial charge in [-0.15, -0.1) is 0 Å². The number of aromatic nitrogens is 4. The Morgan fingerprint density at radius 1 is 1.22 bits per heavy atom. The van der Waals surface area contributed by atoms with Crippen molar-refractivity contribution in [3.63, 3.8) is 0 Å². The minimum absolute atomic E-state index is 0.313. The SMILES string of the molecule is O=C1C=C(n2cc(-c3ccnnc3)cn2)S(=O)N1. The molecule has 2 aromatic heterocycles. The molecule has 0 aromatic carbocycles. The third kappa shape index (κ3) is 1.82. The third-order valence-electron chi connectivity index (χ3n) is 2.36. The van der Waals surface area contributed by atoms with Gasteiger partial charge in [0, 0.05) is 23.4 Å². The largest absolute Gasteiger partial charge is 0.269 e. The lowest BCUT2D eigenvalue weighted by Crippen LogP contribution is -2.17. The molecule has 8 heteroatoms. The maximum atomic E-state index is 11.6. The molecule has 0 fully saturated rings. The molecule has 1 N–H and O–H groups in total. The average molecular weight is 261 g/mol. The number of hydrogen-bond acceptors (Lipinski definition) is 5. The topological polar surface area (TPSA) is 89.8 Å². The Morgan fingerprint density at radius 2 is 2.11 bits per heavy atom. The van der Waals surface area contributed by atoms with Crippen molar-refractivity contribution in [3.05, 3.63) is 36.9 Å². The summed E-state index contributed by atoms with van der Waals surface area (Å²) in [6.45, 7) is 0. The Morgan fingerprint density at radius 3 is 2.78 bits per heavy atom. The van der Waals surface area contributed by atoms with Gasteiger partial charge in [-0.05, 0) is 6.07 Å². The van der Waals surface area contributed by atoms with Gasteiger partial charge in [-0.3, -0.25) is 9.52 Å². The van der Waals surface area contributed by atoms with Crippen LogP contribution in [0.25, 0.3) is 16.2 Å². The molecular formula is C10H7N5O2S. The van der Waals surface area contributed by atoms with E-state index in [9.17, 15) is 9.00 Å². The van der Waals surface area contributed by atoms with E-state index in [0.29, 0.717) is 5.03 Å². The van der Waals surface area contributed by atoms with Crippen LogP contribution in [0.2, 0.25) is 0 Å². The first-order chi connectivity index (χ1) is 8.74. The first-order valence-corrected chi connectivity index (χ1v) is 6.15. The second-order valence-corrected chi connectivity index (χ2v) is 4.68. The molecule has 1 aliphatic rings. The monoisotopic (exact) mass is 261 g/mol. The summed E-state index contributed by atoms with van der Waals surface area (Å²) in [5.74, 6) is -0.383. The predicted octanol–water partition coefficient (Wildman–Crippen LogP) is -0.0680. The van der Waals surface area contributed by atoms with Gasteiger partial charge in [0.25, 0.3) is 5.91 Å². The van der Waals surface area contributed by atoms with E-state index in [4.69, 9.17) is 0 Å². The summed E-state index contributed by atoms with van der Waals surface area (Å²) in [7, 11) is -1.55. The fraction of sp³-hybridized carbons (Fsp3) is 0. The molecule has 1 unspecified atom stereocenters. The lowest BCUT2D eigenvalue weighted by molar-refractivity contribution is -0.114. The lowest BCUT2D eigenvalue weighted by atomic mass is 10.2.